The molecule has 2 heterocycles. The molecule has 2 aliphatic heterocycles. The second-order valence-electron chi connectivity index (χ2n) is 6.84. The van der Waals surface area contributed by atoms with Gasteiger partial charge in [0.2, 0.25) is 0 Å². The van der Waals surface area contributed by atoms with Crippen LogP contribution >= 0.6 is 0 Å². The van der Waals surface area contributed by atoms with Gasteiger partial charge in [0.15, 0.2) is 17.7 Å². The van der Waals surface area contributed by atoms with Gasteiger partial charge in [-0.1, -0.05) is 12.1 Å². The van der Waals surface area contributed by atoms with Crippen LogP contribution in [0, 0.1) is 12.7 Å². The molecule has 122 valence electrons. The fourth-order valence-electron chi connectivity index (χ4n) is 4.55. The molecule has 0 radical (unpaired) electrons. The summed E-state index contributed by atoms with van der Waals surface area (Å²) in [6.45, 7) is 5.21. The Morgan fingerprint density at radius 3 is 2.87 bits per heavy atom. The SMILES string of the molecule is COC1=CC=C2C(C)N(C)CCC23c2c(C)ccc(F)c2OC13. The smallest absolute Gasteiger partial charge is 0.169 e. The number of fused-ring (bicyclic) bond motifs is 1. The van der Waals surface area contributed by atoms with E-state index in [0.717, 1.165) is 29.9 Å². The van der Waals surface area contributed by atoms with Crippen molar-refractivity contribution in [3.05, 3.63) is 52.6 Å². The second-order valence-corrected chi connectivity index (χ2v) is 6.84. The van der Waals surface area contributed by atoms with Crippen LogP contribution in [0.15, 0.2) is 35.6 Å². The summed E-state index contributed by atoms with van der Waals surface area (Å²) in [6.07, 6.45) is 4.77. The van der Waals surface area contributed by atoms with Crippen LogP contribution in [-0.4, -0.2) is 37.7 Å². The number of piperidine rings is 1. The normalized spacial score (nSPS) is 32.2. The Morgan fingerprint density at radius 2 is 2.13 bits per heavy atom. The molecule has 1 aromatic carbocycles. The Bertz CT molecular complexity index is 739. The van der Waals surface area contributed by atoms with E-state index in [1.54, 1.807) is 7.11 Å². The van der Waals surface area contributed by atoms with Crippen LogP contribution in [-0.2, 0) is 10.2 Å². The quantitative estimate of drug-likeness (QED) is 0.793. The van der Waals surface area contributed by atoms with Crippen LogP contribution < -0.4 is 4.74 Å². The lowest BCUT2D eigenvalue weighted by molar-refractivity contribution is 0.0803. The molecular formula is C19H22FNO2. The molecule has 0 bridgehead atoms. The average molecular weight is 315 g/mol. The Labute approximate surface area is 136 Å². The maximum absolute atomic E-state index is 14.5. The molecule has 1 aliphatic carbocycles. The van der Waals surface area contributed by atoms with Crippen molar-refractivity contribution in [3.63, 3.8) is 0 Å². The lowest BCUT2D eigenvalue weighted by atomic mass is 9.61. The molecule has 0 amide bonds. The molecule has 4 rings (SSSR count). The van der Waals surface area contributed by atoms with Crippen LogP contribution in [0.2, 0.25) is 0 Å². The predicted molar refractivity (Wildman–Crippen MR) is 87.1 cm³/mol. The number of allylic oxidation sites excluding steroid dienone is 2. The topological polar surface area (TPSA) is 21.7 Å². The zero-order valence-corrected chi connectivity index (χ0v) is 14.0. The van der Waals surface area contributed by atoms with Crippen molar-refractivity contribution in [1.29, 1.82) is 0 Å². The lowest BCUT2D eigenvalue weighted by Gasteiger charge is -2.48. The molecule has 1 aromatic rings. The zero-order chi connectivity index (χ0) is 16.4. The molecule has 3 aliphatic rings. The summed E-state index contributed by atoms with van der Waals surface area (Å²) >= 11 is 0. The minimum atomic E-state index is -0.312. The Morgan fingerprint density at radius 1 is 1.35 bits per heavy atom. The van der Waals surface area contributed by atoms with E-state index < -0.39 is 0 Å². The third-order valence-corrected chi connectivity index (χ3v) is 5.85. The van der Waals surface area contributed by atoms with Gasteiger partial charge in [-0.25, -0.2) is 4.39 Å². The molecule has 1 saturated heterocycles. The van der Waals surface area contributed by atoms with Crippen molar-refractivity contribution < 1.29 is 13.9 Å². The van der Waals surface area contributed by atoms with E-state index in [4.69, 9.17) is 9.47 Å². The summed E-state index contributed by atoms with van der Waals surface area (Å²) in [7, 11) is 3.80. The van der Waals surface area contributed by atoms with E-state index in [1.807, 2.05) is 19.1 Å². The fourth-order valence-corrected chi connectivity index (χ4v) is 4.55. The van der Waals surface area contributed by atoms with Crippen molar-refractivity contribution in [3.8, 4) is 5.75 Å². The van der Waals surface area contributed by atoms with Gasteiger partial charge in [-0.15, -0.1) is 0 Å². The van der Waals surface area contributed by atoms with E-state index in [-0.39, 0.29) is 23.4 Å². The van der Waals surface area contributed by atoms with E-state index in [1.165, 1.54) is 11.6 Å². The van der Waals surface area contributed by atoms with Gasteiger partial charge in [-0.2, -0.15) is 0 Å². The number of ether oxygens (including phenoxy) is 2. The summed E-state index contributed by atoms with van der Waals surface area (Å²) in [5, 5.41) is 0. The van der Waals surface area contributed by atoms with Crippen molar-refractivity contribution in [2.45, 2.75) is 37.8 Å². The van der Waals surface area contributed by atoms with E-state index in [2.05, 4.69) is 24.9 Å². The lowest BCUT2D eigenvalue weighted by Crippen LogP contribution is -2.54. The molecule has 4 heteroatoms. The van der Waals surface area contributed by atoms with Crippen LogP contribution in [0.25, 0.3) is 0 Å². The van der Waals surface area contributed by atoms with Gasteiger partial charge in [0.05, 0.1) is 12.5 Å². The third kappa shape index (κ3) is 1.73. The molecule has 0 aromatic heterocycles. The van der Waals surface area contributed by atoms with Crippen molar-refractivity contribution in [1.82, 2.24) is 4.90 Å². The molecular weight excluding hydrogens is 293 g/mol. The molecule has 1 spiro atoms. The summed E-state index contributed by atoms with van der Waals surface area (Å²) in [6, 6.07) is 3.65. The first-order valence-electron chi connectivity index (χ1n) is 8.13. The molecule has 1 fully saturated rings. The van der Waals surface area contributed by atoms with E-state index in [0.29, 0.717) is 5.75 Å². The van der Waals surface area contributed by atoms with Gasteiger partial charge in [0.1, 0.15) is 5.76 Å². The summed E-state index contributed by atoms with van der Waals surface area (Å²) in [4.78, 5) is 2.34. The predicted octanol–water partition coefficient (Wildman–Crippen LogP) is 3.33. The molecule has 3 unspecified atom stereocenters. The number of halogens is 1. The highest BCUT2D eigenvalue weighted by molar-refractivity contribution is 5.61. The number of nitrogens with zero attached hydrogens (tertiary/aromatic N) is 1. The molecule has 3 atom stereocenters. The molecule has 0 saturated carbocycles. The highest BCUT2D eigenvalue weighted by Gasteiger charge is 2.58. The number of likely N-dealkylation sites (tertiary alicyclic amines) is 1. The largest absolute Gasteiger partial charge is 0.497 e. The number of aryl methyl sites for hydroxylation is 1. The fraction of sp³-hybridized carbons (Fsp3) is 0.474. The van der Waals surface area contributed by atoms with Crippen molar-refractivity contribution >= 4 is 0 Å². The Kier molecular flexibility index (Phi) is 3.11. The number of hydrogen-bond donors (Lipinski definition) is 0. The number of hydrogen-bond acceptors (Lipinski definition) is 3. The first-order chi connectivity index (χ1) is 11.0. The standard InChI is InChI=1S/C19H22FNO2/c1-11-5-7-14(20)17-16(11)19-9-10-21(3)12(2)13(19)6-8-15(22-4)18(19)23-17/h5-8,12,18H,9-10H2,1-4H3. The summed E-state index contributed by atoms with van der Waals surface area (Å²) in [5.41, 5.74) is 3.08. The van der Waals surface area contributed by atoms with Crippen LogP contribution in [0.5, 0.6) is 5.75 Å². The maximum atomic E-state index is 14.5. The zero-order valence-electron chi connectivity index (χ0n) is 14.0. The van der Waals surface area contributed by atoms with Gasteiger partial charge in [0.25, 0.3) is 0 Å². The molecule has 3 nitrogen and oxygen atoms in total. The minimum Gasteiger partial charge on any atom is -0.497 e. The highest BCUT2D eigenvalue weighted by Crippen LogP contribution is 2.57. The number of likely N-dealkylation sites (N-methyl/N-ethyl adjacent to an activating group) is 1. The number of benzene rings is 1. The first-order valence-corrected chi connectivity index (χ1v) is 8.13. The third-order valence-electron chi connectivity index (χ3n) is 5.85. The van der Waals surface area contributed by atoms with Gasteiger partial charge >= 0.3 is 0 Å². The average Bonchev–Trinajstić information content (AvgIpc) is 2.90. The highest BCUT2D eigenvalue weighted by atomic mass is 19.1. The van der Waals surface area contributed by atoms with Crippen LogP contribution in [0.1, 0.15) is 24.5 Å². The van der Waals surface area contributed by atoms with Crippen LogP contribution in [0.3, 0.4) is 0 Å². The van der Waals surface area contributed by atoms with Gasteiger partial charge < -0.3 is 9.47 Å². The number of rotatable bonds is 1. The van der Waals surface area contributed by atoms with E-state index in [9.17, 15) is 4.39 Å². The monoisotopic (exact) mass is 315 g/mol. The summed E-state index contributed by atoms with van der Waals surface area (Å²) in [5.74, 6) is 0.902. The summed E-state index contributed by atoms with van der Waals surface area (Å²) < 4.78 is 26.2. The van der Waals surface area contributed by atoms with Crippen molar-refractivity contribution in [2.75, 3.05) is 20.7 Å². The van der Waals surface area contributed by atoms with Gasteiger partial charge in [-0.3, -0.25) is 4.90 Å². The molecule has 0 N–H and O–H groups in total. The van der Waals surface area contributed by atoms with Crippen molar-refractivity contribution in [2.24, 2.45) is 0 Å². The first kappa shape index (κ1) is 14.8. The maximum Gasteiger partial charge on any atom is 0.169 e. The van der Waals surface area contributed by atoms with Gasteiger partial charge in [0, 0.05) is 11.6 Å². The van der Waals surface area contributed by atoms with Gasteiger partial charge in [-0.05, 0) is 57.1 Å². The second kappa shape index (κ2) is 4.84. The Hall–Kier alpha value is -1.81. The minimum absolute atomic E-state index is 0.269. The van der Waals surface area contributed by atoms with Crippen LogP contribution in [0.4, 0.5) is 4.39 Å². The van der Waals surface area contributed by atoms with E-state index >= 15 is 0 Å². The molecule has 23 heavy (non-hydrogen) atoms. The number of methoxy groups -OCH3 is 1. The Balaban J connectivity index is 2.01.